The second-order valence-corrected chi connectivity index (χ2v) is 5.98. The van der Waals surface area contributed by atoms with Crippen LogP contribution >= 0.6 is 0 Å². The molecule has 0 N–H and O–H groups in total. The van der Waals surface area contributed by atoms with E-state index in [1.807, 2.05) is 43.3 Å². The maximum Gasteiger partial charge on any atom is 0.239 e. The molecule has 1 aliphatic rings. The van der Waals surface area contributed by atoms with Gasteiger partial charge in [0.05, 0.1) is 0 Å². The van der Waals surface area contributed by atoms with Crippen molar-refractivity contribution >= 4 is 11.6 Å². The number of para-hydroxylation sites is 1. The van der Waals surface area contributed by atoms with Crippen LogP contribution in [0.2, 0.25) is 0 Å². The van der Waals surface area contributed by atoms with Crippen molar-refractivity contribution in [2.75, 3.05) is 11.4 Å². The van der Waals surface area contributed by atoms with Gasteiger partial charge in [0.15, 0.2) is 0 Å². The Labute approximate surface area is 141 Å². The lowest BCUT2D eigenvalue weighted by molar-refractivity contribution is 0.560. The lowest BCUT2D eigenvalue weighted by atomic mass is 10.0. The van der Waals surface area contributed by atoms with Crippen molar-refractivity contribution in [2.45, 2.75) is 19.8 Å². The van der Waals surface area contributed by atoms with Crippen LogP contribution in [0.5, 0.6) is 0 Å². The van der Waals surface area contributed by atoms with Gasteiger partial charge in [0, 0.05) is 17.8 Å². The van der Waals surface area contributed by atoms with E-state index in [2.05, 4.69) is 28.1 Å². The highest BCUT2D eigenvalue weighted by atomic mass is 16.4. The third-order valence-electron chi connectivity index (χ3n) is 4.45. The fourth-order valence-electron chi connectivity index (χ4n) is 3.24. The molecule has 2 heterocycles. The Kier molecular flexibility index (Phi) is 3.55. The summed E-state index contributed by atoms with van der Waals surface area (Å²) >= 11 is 0. The van der Waals surface area contributed by atoms with Crippen molar-refractivity contribution in [1.82, 2.24) is 4.98 Å². The molecule has 0 bridgehead atoms. The Balaban J connectivity index is 1.83. The van der Waals surface area contributed by atoms with Gasteiger partial charge >= 0.3 is 0 Å². The van der Waals surface area contributed by atoms with Crippen molar-refractivity contribution in [2.24, 2.45) is 0 Å². The molecule has 0 radical (unpaired) electrons. The standard InChI is InChI=1S/C20H17N3O/c1-14-7-2-4-10-16(14)19-22-17(13-21)20(24-19)23-12-6-9-15-8-3-5-11-18(15)23/h2-5,7-8,10-11H,6,9,12H2,1H3. The summed E-state index contributed by atoms with van der Waals surface area (Å²) in [5.41, 5.74) is 4.72. The average Bonchev–Trinajstić information content (AvgIpc) is 3.05. The summed E-state index contributed by atoms with van der Waals surface area (Å²) in [6, 6.07) is 18.4. The highest BCUT2D eigenvalue weighted by Gasteiger charge is 2.25. The third-order valence-corrected chi connectivity index (χ3v) is 4.45. The van der Waals surface area contributed by atoms with Crippen molar-refractivity contribution in [3.63, 3.8) is 0 Å². The smallest absolute Gasteiger partial charge is 0.239 e. The molecule has 1 aromatic heterocycles. The predicted molar refractivity (Wildman–Crippen MR) is 93.2 cm³/mol. The molecule has 0 saturated heterocycles. The number of hydrogen-bond acceptors (Lipinski definition) is 4. The molecule has 3 aromatic rings. The van der Waals surface area contributed by atoms with E-state index in [-0.39, 0.29) is 0 Å². The van der Waals surface area contributed by atoms with Gasteiger partial charge in [-0.15, -0.1) is 0 Å². The molecule has 4 nitrogen and oxygen atoms in total. The van der Waals surface area contributed by atoms with Gasteiger partial charge in [-0.2, -0.15) is 10.2 Å². The van der Waals surface area contributed by atoms with Gasteiger partial charge in [0.1, 0.15) is 6.07 Å². The zero-order valence-electron chi connectivity index (χ0n) is 13.5. The van der Waals surface area contributed by atoms with E-state index in [4.69, 9.17) is 4.42 Å². The average molecular weight is 315 g/mol. The lowest BCUT2D eigenvalue weighted by Gasteiger charge is -2.28. The Hall–Kier alpha value is -3.06. The van der Waals surface area contributed by atoms with E-state index in [0.717, 1.165) is 36.2 Å². The van der Waals surface area contributed by atoms with Crippen molar-refractivity contribution < 1.29 is 4.42 Å². The molecule has 0 unspecified atom stereocenters. The summed E-state index contributed by atoms with van der Waals surface area (Å²) in [6.07, 6.45) is 2.08. The highest BCUT2D eigenvalue weighted by Crippen LogP contribution is 2.37. The molecule has 118 valence electrons. The number of anilines is 2. The summed E-state index contributed by atoms with van der Waals surface area (Å²) in [6.45, 7) is 2.84. The molecular weight excluding hydrogens is 298 g/mol. The van der Waals surface area contributed by atoms with Crippen molar-refractivity contribution in [1.29, 1.82) is 5.26 Å². The summed E-state index contributed by atoms with van der Waals surface area (Å²) in [7, 11) is 0. The molecule has 0 spiro atoms. The Morgan fingerprint density at radius 2 is 1.92 bits per heavy atom. The number of aromatic nitrogens is 1. The van der Waals surface area contributed by atoms with Gasteiger partial charge < -0.3 is 9.32 Å². The van der Waals surface area contributed by atoms with Crippen molar-refractivity contribution in [3.8, 4) is 17.5 Å². The Morgan fingerprint density at radius 3 is 2.75 bits per heavy atom. The van der Waals surface area contributed by atoms with Crippen LogP contribution in [0.3, 0.4) is 0 Å². The molecule has 24 heavy (non-hydrogen) atoms. The lowest BCUT2D eigenvalue weighted by Crippen LogP contribution is -2.24. The summed E-state index contributed by atoms with van der Waals surface area (Å²) < 4.78 is 6.06. The van der Waals surface area contributed by atoms with Crippen molar-refractivity contribution in [3.05, 3.63) is 65.4 Å². The minimum atomic E-state index is 0.338. The zero-order valence-corrected chi connectivity index (χ0v) is 13.5. The van der Waals surface area contributed by atoms with Crippen LogP contribution in [0.15, 0.2) is 52.9 Å². The van der Waals surface area contributed by atoms with E-state index < -0.39 is 0 Å². The number of hydrogen-bond donors (Lipinski definition) is 0. The molecule has 2 aromatic carbocycles. The minimum absolute atomic E-state index is 0.338. The monoisotopic (exact) mass is 315 g/mol. The van der Waals surface area contributed by atoms with Gasteiger partial charge in [-0.05, 0) is 43.0 Å². The maximum absolute atomic E-state index is 9.53. The molecule has 4 rings (SSSR count). The normalized spacial score (nSPS) is 13.4. The topological polar surface area (TPSA) is 53.1 Å². The Morgan fingerprint density at radius 1 is 1.12 bits per heavy atom. The fourth-order valence-corrected chi connectivity index (χ4v) is 3.24. The zero-order chi connectivity index (χ0) is 16.5. The number of aryl methyl sites for hydroxylation is 2. The quantitative estimate of drug-likeness (QED) is 0.693. The summed E-state index contributed by atoms with van der Waals surface area (Å²) in [5, 5.41) is 9.53. The van der Waals surface area contributed by atoms with Crippen LogP contribution in [0.4, 0.5) is 11.6 Å². The molecule has 1 aliphatic heterocycles. The minimum Gasteiger partial charge on any atom is -0.419 e. The molecule has 4 heteroatoms. The first-order valence-electron chi connectivity index (χ1n) is 8.10. The molecule has 0 amide bonds. The van der Waals surface area contributed by atoms with Gasteiger partial charge in [-0.3, -0.25) is 0 Å². The second kappa shape index (κ2) is 5.86. The van der Waals surface area contributed by atoms with E-state index in [0.29, 0.717) is 17.5 Å². The summed E-state index contributed by atoms with van der Waals surface area (Å²) in [4.78, 5) is 6.51. The highest BCUT2D eigenvalue weighted by molar-refractivity contribution is 5.70. The molecule has 0 fully saturated rings. The Bertz CT molecular complexity index is 936. The van der Waals surface area contributed by atoms with Gasteiger partial charge in [0.25, 0.3) is 0 Å². The first kappa shape index (κ1) is 14.5. The molecule has 0 atom stereocenters. The second-order valence-electron chi connectivity index (χ2n) is 5.98. The van der Waals surface area contributed by atoms with Gasteiger partial charge in [-0.25, -0.2) is 0 Å². The van der Waals surface area contributed by atoms with E-state index in [1.165, 1.54) is 5.56 Å². The van der Waals surface area contributed by atoms with Crippen LogP contribution in [0.25, 0.3) is 11.5 Å². The number of fused-ring (bicyclic) bond motifs is 1. The number of benzene rings is 2. The van der Waals surface area contributed by atoms with Gasteiger partial charge in [0.2, 0.25) is 17.5 Å². The van der Waals surface area contributed by atoms with Gasteiger partial charge in [-0.1, -0.05) is 36.4 Å². The van der Waals surface area contributed by atoms with Crippen LogP contribution in [0.1, 0.15) is 23.2 Å². The summed E-state index contributed by atoms with van der Waals surface area (Å²) in [5.74, 6) is 1.05. The third kappa shape index (κ3) is 2.35. The number of nitriles is 1. The molecule has 0 aliphatic carbocycles. The largest absolute Gasteiger partial charge is 0.419 e. The molecular formula is C20H17N3O. The number of oxazole rings is 1. The fraction of sp³-hybridized carbons (Fsp3) is 0.200. The van der Waals surface area contributed by atoms with E-state index in [9.17, 15) is 5.26 Å². The first-order valence-corrected chi connectivity index (χ1v) is 8.10. The number of rotatable bonds is 2. The van der Waals surface area contributed by atoms with Crippen LogP contribution in [-0.2, 0) is 6.42 Å². The van der Waals surface area contributed by atoms with Crippen LogP contribution in [0, 0.1) is 18.3 Å². The van der Waals surface area contributed by atoms with E-state index in [1.54, 1.807) is 0 Å². The molecule has 0 saturated carbocycles. The predicted octanol–water partition coefficient (Wildman–Crippen LogP) is 4.61. The van der Waals surface area contributed by atoms with E-state index >= 15 is 0 Å². The maximum atomic E-state index is 9.53. The SMILES string of the molecule is Cc1ccccc1-c1nc(C#N)c(N2CCCc3ccccc32)o1. The first-order chi connectivity index (χ1) is 11.8. The van der Waals surface area contributed by atoms with Crippen LogP contribution in [-0.4, -0.2) is 11.5 Å². The number of nitrogens with zero attached hydrogens (tertiary/aromatic N) is 3. The van der Waals surface area contributed by atoms with Crippen LogP contribution < -0.4 is 4.90 Å².